The molecule has 0 radical (unpaired) electrons. The average Bonchev–Trinajstić information content (AvgIpc) is 2.80. The van der Waals surface area contributed by atoms with Gasteiger partial charge in [-0.2, -0.15) is 0 Å². The number of likely N-dealkylation sites (N-methyl/N-ethyl adjacent to an activating group) is 1. The van der Waals surface area contributed by atoms with Gasteiger partial charge in [0.2, 0.25) is 5.91 Å². The number of aromatic nitrogens is 3. The summed E-state index contributed by atoms with van der Waals surface area (Å²) in [4.78, 5) is 21.7. The molecule has 110 valence electrons. The van der Waals surface area contributed by atoms with Crippen LogP contribution in [-0.2, 0) is 22.7 Å². The van der Waals surface area contributed by atoms with Gasteiger partial charge in [0, 0.05) is 0 Å². The highest BCUT2D eigenvalue weighted by Gasteiger charge is 2.19. The largest absolute Gasteiger partial charge is 0.477 e. The summed E-state index contributed by atoms with van der Waals surface area (Å²) in [5.74, 6) is -1.10. The Morgan fingerprint density at radius 3 is 2.85 bits per heavy atom. The van der Waals surface area contributed by atoms with Gasteiger partial charge in [-0.05, 0) is 6.08 Å². The Bertz CT molecular complexity index is 495. The second kappa shape index (κ2) is 6.80. The molecule has 0 aromatic carbocycles. The van der Waals surface area contributed by atoms with E-state index in [-0.39, 0.29) is 19.0 Å². The third-order valence-electron chi connectivity index (χ3n) is 2.71. The summed E-state index contributed by atoms with van der Waals surface area (Å²) in [5, 5.41) is 19.3. The lowest BCUT2D eigenvalue weighted by atomic mass is 10.4. The SMILES string of the molecule is C=CC(=O)NCc1cn(CC[N+](C)(C)CC(=O)O)nn1. The van der Waals surface area contributed by atoms with Crippen LogP contribution in [0.25, 0.3) is 0 Å². The fourth-order valence-corrected chi connectivity index (χ4v) is 1.60. The van der Waals surface area contributed by atoms with Crippen LogP contribution in [0.1, 0.15) is 5.69 Å². The zero-order chi connectivity index (χ0) is 15.2. The molecule has 1 aromatic rings. The Morgan fingerprint density at radius 2 is 2.25 bits per heavy atom. The lowest BCUT2D eigenvalue weighted by Crippen LogP contribution is -2.45. The first kappa shape index (κ1) is 15.8. The van der Waals surface area contributed by atoms with Gasteiger partial charge in [0.15, 0.2) is 6.54 Å². The van der Waals surface area contributed by atoms with Crippen molar-refractivity contribution >= 4 is 11.9 Å². The van der Waals surface area contributed by atoms with Gasteiger partial charge in [-0.25, -0.2) is 9.48 Å². The number of nitrogens with one attached hydrogen (secondary N) is 1. The van der Waals surface area contributed by atoms with E-state index in [9.17, 15) is 9.59 Å². The Balaban J connectivity index is 2.46. The lowest BCUT2D eigenvalue weighted by Gasteiger charge is -2.27. The van der Waals surface area contributed by atoms with Crippen molar-refractivity contribution in [2.45, 2.75) is 13.1 Å². The second-order valence-corrected chi connectivity index (χ2v) is 5.11. The Hall–Kier alpha value is -2.22. The quantitative estimate of drug-likeness (QED) is 0.482. The summed E-state index contributed by atoms with van der Waals surface area (Å²) in [6.45, 7) is 4.87. The number of carboxylic acid groups (broad SMARTS) is 1. The van der Waals surface area contributed by atoms with E-state index in [4.69, 9.17) is 5.11 Å². The first-order chi connectivity index (χ1) is 9.32. The molecule has 8 heteroatoms. The zero-order valence-electron chi connectivity index (χ0n) is 11.7. The lowest BCUT2D eigenvalue weighted by molar-refractivity contribution is -0.883. The smallest absolute Gasteiger partial charge is 0.359 e. The molecule has 1 aromatic heterocycles. The van der Waals surface area contributed by atoms with Gasteiger partial charge < -0.3 is 14.9 Å². The van der Waals surface area contributed by atoms with Crippen LogP contribution in [0.5, 0.6) is 0 Å². The number of carboxylic acids is 1. The van der Waals surface area contributed by atoms with Crippen molar-refractivity contribution in [1.82, 2.24) is 20.3 Å². The number of hydrogen-bond donors (Lipinski definition) is 2. The molecule has 0 unspecified atom stereocenters. The standard InChI is InChI=1S/C12H19N5O3/c1-4-11(18)13-7-10-8-16(15-14-10)5-6-17(2,3)9-12(19)20/h4,8H,1,5-7,9H2,2-3H3,(H-,13,18,19,20)/p+1. The summed E-state index contributed by atoms with van der Waals surface area (Å²) >= 11 is 0. The van der Waals surface area contributed by atoms with E-state index in [1.807, 2.05) is 14.1 Å². The fraction of sp³-hybridized carbons (Fsp3) is 0.500. The van der Waals surface area contributed by atoms with Gasteiger partial charge >= 0.3 is 5.97 Å². The number of carbonyl (C=O) groups excluding carboxylic acids is 1. The highest BCUT2D eigenvalue weighted by atomic mass is 16.4. The summed E-state index contributed by atoms with van der Waals surface area (Å²) in [5.41, 5.74) is 0.642. The van der Waals surface area contributed by atoms with Crippen LogP contribution in [0.2, 0.25) is 0 Å². The average molecular weight is 282 g/mol. The summed E-state index contributed by atoms with van der Waals surface area (Å²) in [7, 11) is 3.69. The van der Waals surface area contributed by atoms with Crippen molar-refractivity contribution in [2.75, 3.05) is 27.2 Å². The van der Waals surface area contributed by atoms with Crippen LogP contribution < -0.4 is 5.32 Å². The van der Waals surface area contributed by atoms with Crippen LogP contribution in [0, 0.1) is 0 Å². The minimum absolute atomic E-state index is 0.0525. The molecule has 1 rings (SSSR count). The van der Waals surface area contributed by atoms with Gasteiger partial charge in [-0.15, -0.1) is 5.10 Å². The van der Waals surface area contributed by atoms with Gasteiger partial charge in [0.05, 0.1) is 39.9 Å². The predicted molar refractivity (Wildman–Crippen MR) is 71.5 cm³/mol. The molecule has 20 heavy (non-hydrogen) atoms. The molecular formula is C12H20N5O3+. The molecule has 0 aliphatic heterocycles. The van der Waals surface area contributed by atoms with Crippen LogP contribution in [-0.4, -0.2) is 63.6 Å². The van der Waals surface area contributed by atoms with E-state index >= 15 is 0 Å². The molecule has 1 amide bonds. The molecular weight excluding hydrogens is 262 g/mol. The number of carbonyl (C=O) groups is 2. The van der Waals surface area contributed by atoms with E-state index in [0.717, 1.165) is 0 Å². The number of hydrogen-bond acceptors (Lipinski definition) is 4. The van der Waals surface area contributed by atoms with Gasteiger partial charge in [-0.3, -0.25) is 4.79 Å². The molecule has 8 nitrogen and oxygen atoms in total. The molecule has 1 heterocycles. The molecule has 0 aliphatic carbocycles. The Morgan fingerprint density at radius 1 is 1.55 bits per heavy atom. The van der Waals surface area contributed by atoms with E-state index in [1.54, 1.807) is 10.9 Å². The fourth-order valence-electron chi connectivity index (χ4n) is 1.60. The molecule has 0 atom stereocenters. The maximum absolute atomic E-state index is 11.0. The molecule has 0 saturated heterocycles. The third kappa shape index (κ3) is 5.61. The number of aliphatic carboxylic acids is 1. The maximum atomic E-state index is 11.0. The van der Waals surface area contributed by atoms with Crippen molar-refractivity contribution in [3.63, 3.8) is 0 Å². The summed E-state index contributed by atoms with van der Waals surface area (Å²) in [6, 6.07) is 0. The van der Waals surface area contributed by atoms with E-state index in [0.29, 0.717) is 23.3 Å². The van der Waals surface area contributed by atoms with Crippen molar-refractivity contribution in [1.29, 1.82) is 0 Å². The predicted octanol–water partition coefficient (Wildman–Crippen LogP) is -0.759. The molecule has 0 aliphatic rings. The van der Waals surface area contributed by atoms with Crippen LogP contribution in [0.4, 0.5) is 0 Å². The Labute approximate surface area is 117 Å². The van der Waals surface area contributed by atoms with E-state index < -0.39 is 5.97 Å². The normalized spacial score (nSPS) is 11.1. The number of nitrogens with zero attached hydrogens (tertiary/aromatic N) is 4. The molecule has 0 fully saturated rings. The minimum atomic E-state index is -0.832. The first-order valence-electron chi connectivity index (χ1n) is 6.15. The summed E-state index contributed by atoms with van der Waals surface area (Å²) < 4.78 is 2.00. The van der Waals surface area contributed by atoms with Crippen LogP contribution in [0.15, 0.2) is 18.9 Å². The van der Waals surface area contributed by atoms with Crippen molar-refractivity contribution in [2.24, 2.45) is 0 Å². The van der Waals surface area contributed by atoms with Gasteiger partial charge in [0.1, 0.15) is 5.69 Å². The van der Waals surface area contributed by atoms with Crippen molar-refractivity contribution in [3.8, 4) is 0 Å². The van der Waals surface area contributed by atoms with Crippen LogP contribution in [0.3, 0.4) is 0 Å². The summed E-state index contributed by atoms with van der Waals surface area (Å²) in [6.07, 6.45) is 2.92. The second-order valence-electron chi connectivity index (χ2n) is 5.11. The number of amides is 1. The zero-order valence-corrected chi connectivity index (χ0v) is 11.7. The molecule has 2 N–H and O–H groups in total. The topological polar surface area (TPSA) is 97.1 Å². The Kier molecular flexibility index (Phi) is 5.39. The molecule has 0 spiro atoms. The molecule has 0 saturated carbocycles. The molecule has 0 bridgehead atoms. The maximum Gasteiger partial charge on any atom is 0.359 e. The highest BCUT2D eigenvalue weighted by Crippen LogP contribution is 1.99. The van der Waals surface area contributed by atoms with Crippen LogP contribution >= 0.6 is 0 Å². The first-order valence-corrected chi connectivity index (χ1v) is 6.15. The number of rotatable bonds is 8. The van der Waals surface area contributed by atoms with Gasteiger partial charge in [-0.1, -0.05) is 11.8 Å². The van der Waals surface area contributed by atoms with Crippen molar-refractivity contribution < 1.29 is 19.2 Å². The minimum Gasteiger partial charge on any atom is -0.477 e. The number of quaternary nitrogens is 1. The highest BCUT2D eigenvalue weighted by molar-refractivity contribution is 5.86. The van der Waals surface area contributed by atoms with Crippen molar-refractivity contribution in [3.05, 3.63) is 24.5 Å². The van der Waals surface area contributed by atoms with E-state index in [2.05, 4.69) is 22.2 Å². The monoisotopic (exact) mass is 282 g/mol. The van der Waals surface area contributed by atoms with Gasteiger partial charge in [0.25, 0.3) is 0 Å². The van der Waals surface area contributed by atoms with E-state index in [1.165, 1.54) is 6.08 Å². The third-order valence-corrected chi connectivity index (χ3v) is 2.71.